The maximum Gasteiger partial charge on any atom is 0.0113 e. The smallest absolute Gasteiger partial charge is 0.0113 e. The van der Waals surface area contributed by atoms with Crippen molar-refractivity contribution >= 4 is 0 Å². The summed E-state index contributed by atoms with van der Waals surface area (Å²) in [5.74, 6) is 4.41. The van der Waals surface area contributed by atoms with Crippen molar-refractivity contribution in [1.82, 2.24) is 10.2 Å². The Hall–Kier alpha value is -0.0800. The molecule has 6 atom stereocenters. The predicted molar refractivity (Wildman–Crippen MR) is 92.5 cm³/mol. The van der Waals surface area contributed by atoms with Gasteiger partial charge in [0, 0.05) is 19.1 Å². The van der Waals surface area contributed by atoms with Gasteiger partial charge in [0.05, 0.1) is 0 Å². The molecule has 2 fully saturated rings. The van der Waals surface area contributed by atoms with Gasteiger partial charge < -0.3 is 10.2 Å². The quantitative estimate of drug-likeness (QED) is 0.824. The largest absolute Gasteiger partial charge is 0.314 e. The molecule has 2 aliphatic rings. The summed E-state index contributed by atoms with van der Waals surface area (Å²) in [5.41, 5.74) is 0. The summed E-state index contributed by atoms with van der Waals surface area (Å²) in [6.45, 7) is 17.3. The molecule has 0 aromatic carbocycles. The zero-order valence-electron chi connectivity index (χ0n) is 15.1. The number of nitrogens with zero attached hydrogens (tertiary/aromatic N) is 1. The lowest BCUT2D eigenvalue weighted by Gasteiger charge is -2.44. The molecular formula is C19H38N2. The fraction of sp³-hybridized carbons (Fsp3) is 1.00. The number of hydrogen-bond donors (Lipinski definition) is 1. The molecule has 1 aliphatic carbocycles. The average Bonchev–Trinajstić information content (AvgIpc) is 2.43. The fourth-order valence-electron chi connectivity index (χ4n) is 4.60. The third kappa shape index (κ3) is 4.69. The van der Waals surface area contributed by atoms with E-state index in [4.69, 9.17) is 0 Å². The van der Waals surface area contributed by atoms with E-state index >= 15 is 0 Å². The van der Waals surface area contributed by atoms with Crippen LogP contribution in [-0.4, -0.2) is 37.1 Å². The zero-order valence-corrected chi connectivity index (χ0v) is 15.1. The lowest BCUT2D eigenvalue weighted by atomic mass is 9.71. The van der Waals surface area contributed by atoms with Crippen LogP contribution in [-0.2, 0) is 0 Å². The molecule has 2 rings (SSSR count). The SMILES string of the molecule is CCCNC1CC(C)CC(C)C1CN1CCC(C)C(C)C1. The second kappa shape index (κ2) is 7.97. The van der Waals surface area contributed by atoms with Gasteiger partial charge in [-0.1, -0.05) is 34.6 Å². The second-order valence-electron chi connectivity index (χ2n) is 8.28. The van der Waals surface area contributed by atoms with E-state index in [9.17, 15) is 0 Å². The summed E-state index contributed by atoms with van der Waals surface area (Å²) in [6, 6.07) is 0.748. The van der Waals surface area contributed by atoms with E-state index in [1.54, 1.807) is 0 Å². The maximum absolute atomic E-state index is 3.87. The van der Waals surface area contributed by atoms with Crippen molar-refractivity contribution in [3.63, 3.8) is 0 Å². The van der Waals surface area contributed by atoms with Crippen molar-refractivity contribution in [2.75, 3.05) is 26.2 Å². The number of likely N-dealkylation sites (tertiary alicyclic amines) is 1. The molecule has 0 radical (unpaired) electrons. The Morgan fingerprint density at radius 3 is 2.43 bits per heavy atom. The van der Waals surface area contributed by atoms with E-state index in [1.165, 1.54) is 51.9 Å². The summed E-state index contributed by atoms with van der Waals surface area (Å²) in [4.78, 5) is 2.77. The average molecular weight is 295 g/mol. The van der Waals surface area contributed by atoms with E-state index in [0.717, 1.165) is 35.6 Å². The van der Waals surface area contributed by atoms with E-state index in [-0.39, 0.29) is 0 Å². The van der Waals surface area contributed by atoms with Gasteiger partial charge in [-0.25, -0.2) is 0 Å². The van der Waals surface area contributed by atoms with Gasteiger partial charge in [0.25, 0.3) is 0 Å². The first-order valence-electron chi connectivity index (χ1n) is 9.47. The highest BCUT2D eigenvalue weighted by Crippen LogP contribution is 2.35. The topological polar surface area (TPSA) is 15.3 Å². The van der Waals surface area contributed by atoms with E-state index in [1.807, 2.05) is 0 Å². The Kier molecular flexibility index (Phi) is 6.55. The van der Waals surface area contributed by atoms with Crippen LogP contribution in [0, 0.1) is 29.6 Å². The lowest BCUT2D eigenvalue weighted by Crippen LogP contribution is -2.51. The Bertz CT molecular complexity index is 304. The molecule has 124 valence electrons. The molecule has 1 saturated carbocycles. The van der Waals surface area contributed by atoms with E-state index < -0.39 is 0 Å². The van der Waals surface area contributed by atoms with Crippen LogP contribution in [0.2, 0.25) is 0 Å². The first-order chi connectivity index (χ1) is 10.0. The molecule has 21 heavy (non-hydrogen) atoms. The van der Waals surface area contributed by atoms with Crippen molar-refractivity contribution in [3.05, 3.63) is 0 Å². The van der Waals surface area contributed by atoms with Crippen molar-refractivity contribution in [2.24, 2.45) is 29.6 Å². The Balaban J connectivity index is 1.93. The minimum absolute atomic E-state index is 0.748. The molecule has 0 bridgehead atoms. The van der Waals surface area contributed by atoms with Crippen molar-refractivity contribution in [3.8, 4) is 0 Å². The van der Waals surface area contributed by atoms with Crippen molar-refractivity contribution < 1.29 is 0 Å². The summed E-state index contributed by atoms with van der Waals surface area (Å²) in [7, 11) is 0. The first kappa shape index (κ1) is 17.3. The molecule has 0 aromatic heterocycles. The van der Waals surface area contributed by atoms with Crippen LogP contribution in [0.25, 0.3) is 0 Å². The van der Waals surface area contributed by atoms with Gasteiger partial charge in [-0.05, 0) is 68.4 Å². The highest BCUT2D eigenvalue weighted by molar-refractivity contribution is 4.90. The highest BCUT2D eigenvalue weighted by atomic mass is 15.1. The highest BCUT2D eigenvalue weighted by Gasteiger charge is 2.35. The Morgan fingerprint density at radius 1 is 1.00 bits per heavy atom. The minimum atomic E-state index is 0.748. The minimum Gasteiger partial charge on any atom is -0.314 e. The molecule has 6 unspecified atom stereocenters. The van der Waals surface area contributed by atoms with Gasteiger partial charge in [-0.2, -0.15) is 0 Å². The Labute approximate surface area is 133 Å². The second-order valence-corrected chi connectivity index (χ2v) is 8.28. The standard InChI is InChI=1S/C19H38N2/c1-6-8-20-19-11-14(2)10-16(4)18(19)13-21-9-7-15(3)17(5)12-21/h14-20H,6-13H2,1-5H3. The van der Waals surface area contributed by atoms with Crippen LogP contribution in [0.15, 0.2) is 0 Å². The molecule has 2 heteroatoms. The number of nitrogens with one attached hydrogen (secondary N) is 1. The molecule has 1 aliphatic heterocycles. The summed E-state index contributed by atoms with van der Waals surface area (Å²) in [5, 5.41) is 3.87. The predicted octanol–water partition coefficient (Wildman–Crippen LogP) is 4.01. The third-order valence-electron chi connectivity index (χ3n) is 6.22. The molecule has 0 spiro atoms. The molecular weight excluding hydrogens is 256 g/mol. The van der Waals surface area contributed by atoms with Crippen LogP contribution in [0.1, 0.15) is 60.3 Å². The number of rotatable bonds is 5. The molecule has 1 heterocycles. The lowest BCUT2D eigenvalue weighted by molar-refractivity contribution is 0.0661. The molecule has 0 amide bonds. The van der Waals surface area contributed by atoms with Gasteiger partial charge in [0.1, 0.15) is 0 Å². The van der Waals surface area contributed by atoms with Gasteiger partial charge >= 0.3 is 0 Å². The van der Waals surface area contributed by atoms with Crippen molar-refractivity contribution in [1.29, 1.82) is 0 Å². The maximum atomic E-state index is 3.87. The Morgan fingerprint density at radius 2 is 1.76 bits per heavy atom. The van der Waals surface area contributed by atoms with Crippen molar-refractivity contribution in [2.45, 2.75) is 66.3 Å². The number of piperidine rings is 1. The van der Waals surface area contributed by atoms with Crippen LogP contribution < -0.4 is 5.32 Å². The van der Waals surface area contributed by atoms with Crippen LogP contribution in [0.5, 0.6) is 0 Å². The van der Waals surface area contributed by atoms with Gasteiger partial charge in [-0.15, -0.1) is 0 Å². The molecule has 1 saturated heterocycles. The van der Waals surface area contributed by atoms with E-state index in [2.05, 4.69) is 44.8 Å². The van der Waals surface area contributed by atoms with Crippen LogP contribution in [0.3, 0.4) is 0 Å². The molecule has 2 nitrogen and oxygen atoms in total. The van der Waals surface area contributed by atoms with Crippen LogP contribution in [0.4, 0.5) is 0 Å². The van der Waals surface area contributed by atoms with Gasteiger partial charge in [0.2, 0.25) is 0 Å². The van der Waals surface area contributed by atoms with Gasteiger partial charge in [0.15, 0.2) is 0 Å². The van der Waals surface area contributed by atoms with E-state index in [0.29, 0.717) is 0 Å². The van der Waals surface area contributed by atoms with Crippen LogP contribution >= 0.6 is 0 Å². The molecule has 0 aromatic rings. The summed E-state index contributed by atoms with van der Waals surface area (Å²) in [6.07, 6.45) is 5.46. The number of hydrogen-bond acceptors (Lipinski definition) is 2. The summed E-state index contributed by atoms with van der Waals surface area (Å²) >= 11 is 0. The zero-order chi connectivity index (χ0) is 15.4. The third-order valence-corrected chi connectivity index (χ3v) is 6.22. The molecule has 1 N–H and O–H groups in total. The summed E-state index contributed by atoms with van der Waals surface area (Å²) < 4.78 is 0. The van der Waals surface area contributed by atoms with Gasteiger partial charge in [-0.3, -0.25) is 0 Å². The fourth-order valence-corrected chi connectivity index (χ4v) is 4.60. The monoisotopic (exact) mass is 294 g/mol. The normalized spacial score (nSPS) is 42.1. The first-order valence-corrected chi connectivity index (χ1v) is 9.47.